The van der Waals surface area contributed by atoms with Gasteiger partial charge in [-0.1, -0.05) is 0 Å². The molecule has 0 saturated carbocycles. The van der Waals surface area contributed by atoms with Gasteiger partial charge < -0.3 is 0 Å². The van der Waals surface area contributed by atoms with E-state index >= 15 is 0 Å². The lowest BCUT2D eigenvalue weighted by molar-refractivity contribution is -0.387. The summed E-state index contributed by atoms with van der Waals surface area (Å²) < 4.78 is 12.8. The SMILES string of the molecule is N#Cc1cc([N+](=O)[O-])c(F)cc1S. The smallest absolute Gasteiger partial charge is 0.258 e. The quantitative estimate of drug-likeness (QED) is 0.425. The van der Waals surface area contributed by atoms with E-state index in [4.69, 9.17) is 5.26 Å². The van der Waals surface area contributed by atoms with Crippen LogP contribution in [0.5, 0.6) is 0 Å². The molecule has 6 heteroatoms. The molecule has 1 aromatic carbocycles. The molecule has 0 aliphatic rings. The molecule has 0 heterocycles. The highest BCUT2D eigenvalue weighted by molar-refractivity contribution is 7.80. The average Bonchev–Trinajstić information content (AvgIpc) is 2.03. The first-order valence-corrected chi connectivity index (χ1v) is 3.58. The van der Waals surface area contributed by atoms with E-state index in [0.29, 0.717) is 0 Å². The number of thiol groups is 1. The van der Waals surface area contributed by atoms with E-state index in [1.807, 2.05) is 0 Å². The van der Waals surface area contributed by atoms with Crippen LogP contribution in [0.1, 0.15) is 5.56 Å². The number of nitro groups is 1. The summed E-state index contributed by atoms with van der Waals surface area (Å²) in [4.78, 5) is 9.44. The van der Waals surface area contributed by atoms with Crippen molar-refractivity contribution >= 4 is 18.3 Å². The molecule has 13 heavy (non-hydrogen) atoms. The van der Waals surface area contributed by atoms with Gasteiger partial charge in [0, 0.05) is 11.0 Å². The highest BCUT2D eigenvalue weighted by Gasteiger charge is 2.16. The minimum absolute atomic E-state index is 0.0172. The van der Waals surface area contributed by atoms with Gasteiger partial charge in [0.2, 0.25) is 5.82 Å². The fraction of sp³-hybridized carbons (Fsp3) is 0. The molecular formula is C7H3FN2O2S. The van der Waals surface area contributed by atoms with Gasteiger partial charge >= 0.3 is 5.69 Å². The van der Waals surface area contributed by atoms with Crippen molar-refractivity contribution in [2.24, 2.45) is 0 Å². The van der Waals surface area contributed by atoms with E-state index < -0.39 is 16.4 Å². The fourth-order valence-electron chi connectivity index (χ4n) is 0.781. The Kier molecular flexibility index (Phi) is 2.49. The van der Waals surface area contributed by atoms with Gasteiger partial charge in [-0.3, -0.25) is 10.1 Å². The van der Waals surface area contributed by atoms with Crippen LogP contribution in [-0.4, -0.2) is 4.92 Å². The molecule has 66 valence electrons. The van der Waals surface area contributed by atoms with Crippen LogP contribution in [0.25, 0.3) is 0 Å². The minimum atomic E-state index is -0.992. The molecule has 0 atom stereocenters. The Labute approximate surface area is 78.2 Å². The minimum Gasteiger partial charge on any atom is -0.258 e. The summed E-state index contributed by atoms with van der Waals surface area (Å²) in [6, 6.07) is 3.38. The lowest BCUT2D eigenvalue weighted by Crippen LogP contribution is -1.94. The van der Waals surface area contributed by atoms with E-state index in [1.54, 1.807) is 6.07 Å². The van der Waals surface area contributed by atoms with Crippen molar-refractivity contribution in [3.63, 3.8) is 0 Å². The molecule has 1 aromatic rings. The molecule has 0 unspecified atom stereocenters. The Morgan fingerprint density at radius 3 is 2.69 bits per heavy atom. The van der Waals surface area contributed by atoms with Crippen molar-refractivity contribution in [3.8, 4) is 6.07 Å². The van der Waals surface area contributed by atoms with Gasteiger partial charge in [0.15, 0.2) is 0 Å². The summed E-state index contributed by atoms with van der Waals surface area (Å²) in [5.74, 6) is -0.992. The van der Waals surface area contributed by atoms with Crippen molar-refractivity contribution in [2.45, 2.75) is 4.90 Å². The predicted octanol–water partition coefficient (Wildman–Crippen LogP) is 1.89. The van der Waals surface area contributed by atoms with Crippen LogP contribution in [-0.2, 0) is 0 Å². The lowest BCUT2D eigenvalue weighted by Gasteiger charge is -1.97. The molecule has 0 aromatic heterocycles. The van der Waals surface area contributed by atoms with E-state index in [1.165, 1.54) is 0 Å². The van der Waals surface area contributed by atoms with Crippen molar-refractivity contribution in [1.82, 2.24) is 0 Å². The highest BCUT2D eigenvalue weighted by atomic mass is 32.1. The van der Waals surface area contributed by atoms with Crippen LogP contribution in [0.4, 0.5) is 10.1 Å². The largest absolute Gasteiger partial charge is 0.306 e. The number of halogens is 1. The Balaban J connectivity index is 3.41. The van der Waals surface area contributed by atoms with Gasteiger partial charge in [0.25, 0.3) is 0 Å². The van der Waals surface area contributed by atoms with Gasteiger partial charge in [-0.25, -0.2) is 0 Å². The van der Waals surface area contributed by atoms with E-state index in [0.717, 1.165) is 12.1 Å². The number of nitro benzene ring substituents is 1. The molecule has 0 spiro atoms. The van der Waals surface area contributed by atoms with Crippen molar-refractivity contribution < 1.29 is 9.31 Å². The fourth-order valence-corrected chi connectivity index (χ4v) is 1.01. The third-order valence-corrected chi connectivity index (χ3v) is 1.75. The first kappa shape index (κ1) is 9.48. The summed E-state index contributed by atoms with van der Waals surface area (Å²) in [6.07, 6.45) is 0. The Morgan fingerprint density at radius 1 is 1.62 bits per heavy atom. The first-order chi connectivity index (χ1) is 6.06. The summed E-state index contributed by atoms with van der Waals surface area (Å²) in [7, 11) is 0. The number of benzene rings is 1. The predicted molar refractivity (Wildman–Crippen MR) is 45.0 cm³/mol. The number of hydrogen-bond acceptors (Lipinski definition) is 4. The van der Waals surface area contributed by atoms with Crippen LogP contribution in [0.2, 0.25) is 0 Å². The zero-order valence-electron chi connectivity index (χ0n) is 6.19. The molecule has 0 saturated heterocycles. The molecule has 4 nitrogen and oxygen atoms in total. The summed E-state index contributed by atoms with van der Waals surface area (Å²) >= 11 is 3.78. The van der Waals surface area contributed by atoms with Crippen LogP contribution >= 0.6 is 12.6 Å². The van der Waals surface area contributed by atoms with E-state index in [2.05, 4.69) is 12.6 Å². The zero-order valence-corrected chi connectivity index (χ0v) is 7.09. The summed E-state index contributed by atoms with van der Waals surface area (Å²) in [6.45, 7) is 0. The van der Waals surface area contributed by atoms with Crippen LogP contribution in [0, 0.1) is 27.3 Å². The lowest BCUT2D eigenvalue weighted by atomic mass is 10.2. The molecule has 0 amide bonds. The highest BCUT2D eigenvalue weighted by Crippen LogP contribution is 2.23. The number of rotatable bonds is 1. The molecule has 0 radical (unpaired) electrons. The molecule has 0 fully saturated rings. The Morgan fingerprint density at radius 2 is 2.23 bits per heavy atom. The van der Waals surface area contributed by atoms with Crippen LogP contribution in [0.15, 0.2) is 17.0 Å². The molecule has 0 N–H and O–H groups in total. The second kappa shape index (κ2) is 3.41. The van der Waals surface area contributed by atoms with Crippen LogP contribution in [0.3, 0.4) is 0 Å². The van der Waals surface area contributed by atoms with Crippen molar-refractivity contribution in [2.75, 3.05) is 0 Å². The molecule has 0 aliphatic heterocycles. The monoisotopic (exact) mass is 198 g/mol. The topological polar surface area (TPSA) is 66.9 Å². The first-order valence-electron chi connectivity index (χ1n) is 3.13. The van der Waals surface area contributed by atoms with Gasteiger partial charge in [0.05, 0.1) is 10.5 Å². The maximum absolute atomic E-state index is 12.8. The van der Waals surface area contributed by atoms with Gasteiger partial charge in [-0.15, -0.1) is 12.6 Å². The number of nitrogens with zero attached hydrogens (tertiary/aromatic N) is 2. The summed E-state index contributed by atoms with van der Waals surface area (Å²) in [5, 5.41) is 18.7. The van der Waals surface area contributed by atoms with Gasteiger partial charge in [0.1, 0.15) is 6.07 Å². The molecule has 0 aliphatic carbocycles. The standard InChI is InChI=1S/C7H3FN2O2S/c8-5-2-7(13)4(3-9)1-6(5)10(11)12/h1-2,13H. The van der Waals surface area contributed by atoms with E-state index in [-0.39, 0.29) is 10.5 Å². The third kappa shape index (κ3) is 1.76. The second-order valence-corrected chi connectivity index (χ2v) is 2.67. The third-order valence-electron chi connectivity index (χ3n) is 1.38. The maximum atomic E-state index is 12.8. The Hall–Kier alpha value is -1.61. The summed E-state index contributed by atoms with van der Waals surface area (Å²) in [5.41, 5.74) is -0.731. The second-order valence-electron chi connectivity index (χ2n) is 2.19. The van der Waals surface area contributed by atoms with Crippen LogP contribution < -0.4 is 0 Å². The number of hydrogen-bond donors (Lipinski definition) is 1. The van der Waals surface area contributed by atoms with Crippen molar-refractivity contribution in [3.05, 3.63) is 33.6 Å². The zero-order chi connectivity index (χ0) is 10.0. The molecule has 0 bridgehead atoms. The normalized spacial score (nSPS) is 9.31. The maximum Gasteiger partial charge on any atom is 0.306 e. The van der Waals surface area contributed by atoms with Gasteiger partial charge in [-0.2, -0.15) is 9.65 Å². The average molecular weight is 198 g/mol. The van der Waals surface area contributed by atoms with Gasteiger partial charge in [-0.05, 0) is 6.07 Å². The van der Waals surface area contributed by atoms with Crippen molar-refractivity contribution in [1.29, 1.82) is 5.26 Å². The Bertz CT molecular complexity index is 414. The molecule has 1 rings (SSSR count). The van der Waals surface area contributed by atoms with E-state index in [9.17, 15) is 14.5 Å². The molecular weight excluding hydrogens is 195 g/mol. The number of nitriles is 1.